The van der Waals surface area contributed by atoms with Gasteiger partial charge in [0.1, 0.15) is 48.4 Å². The Morgan fingerprint density at radius 2 is 0.919 bits per heavy atom. The predicted octanol–water partition coefficient (Wildman–Crippen LogP) is 6.03. The molecule has 4 aromatic rings. The summed E-state index contributed by atoms with van der Waals surface area (Å²) >= 11 is 0. The van der Waals surface area contributed by atoms with Crippen LogP contribution in [0.4, 0.5) is 0 Å². The molecule has 0 aliphatic carbocycles. The van der Waals surface area contributed by atoms with Crippen molar-refractivity contribution < 1.29 is 28.4 Å². The van der Waals surface area contributed by atoms with E-state index in [0.717, 1.165) is 57.8 Å². The van der Waals surface area contributed by atoms with Gasteiger partial charge in [0, 0.05) is 5.41 Å². The Morgan fingerprint density at radius 3 is 1.27 bits per heavy atom. The highest BCUT2D eigenvalue weighted by Crippen LogP contribution is 2.29. The van der Waals surface area contributed by atoms with Crippen LogP contribution in [-0.2, 0) is 9.47 Å². The van der Waals surface area contributed by atoms with Gasteiger partial charge in [-0.3, -0.25) is 0 Å². The van der Waals surface area contributed by atoms with Crippen LogP contribution in [0.1, 0.15) is 13.8 Å². The van der Waals surface area contributed by atoms with Crippen LogP contribution in [0.3, 0.4) is 0 Å². The van der Waals surface area contributed by atoms with E-state index in [-0.39, 0.29) is 17.6 Å². The van der Waals surface area contributed by atoms with Gasteiger partial charge in [-0.1, -0.05) is 38.1 Å². The lowest BCUT2D eigenvalue weighted by Crippen LogP contribution is -2.28. The summed E-state index contributed by atoms with van der Waals surface area (Å²) in [4.78, 5) is 0. The van der Waals surface area contributed by atoms with Crippen LogP contribution in [0.15, 0.2) is 72.8 Å². The summed E-state index contributed by atoms with van der Waals surface area (Å²) in [5.41, 5.74) is -0.186. The molecular formula is C31H32O6. The second kappa shape index (κ2) is 10.1. The van der Waals surface area contributed by atoms with Gasteiger partial charge >= 0.3 is 0 Å². The predicted molar refractivity (Wildman–Crippen MR) is 143 cm³/mol. The van der Waals surface area contributed by atoms with Gasteiger partial charge in [0.15, 0.2) is 0 Å². The van der Waals surface area contributed by atoms with E-state index in [4.69, 9.17) is 28.4 Å². The van der Waals surface area contributed by atoms with Crippen LogP contribution in [0, 0.1) is 5.41 Å². The highest BCUT2D eigenvalue weighted by atomic mass is 16.6. The van der Waals surface area contributed by atoms with Crippen LogP contribution in [0.5, 0.6) is 23.0 Å². The molecule has 0 aromatic heterocycles. The Bertz CT molecular complexity index is 1280. The van der Waals surface area contributed by atoms with E-state index in [2.05, 4.69) is 62.4 Å². The second-order valence-electron chi connectivity index (χ2n) is 10.6. The Kier molecular flexibility index (Phi) is 6.53. The summed E-state index contributed by atoms with van der Waals surface area (Å²) in [6.45, 7) is 8.12. The molecule has 37 heavy (non-hydrogen) atoms. The third-order valence-electron chi connectivity index (χ3n) is 6.50. The minimum atomic E-state index is -0.186. The zero-order valence-electron chi connectivity index (χ0n) is 21.3. The maximum absolute atomic E-state index is 6.19. The van der Waals surface area contributed by atoms with Crippen molar-refractivity contribution in [3.05, 3.63) is 72.8 Å². The molecule has 2 unspecified atom stereocenters. The quantitative estimate of drug-likeness (QED) is 0.221. The third-order valence-corrected chi connectivity index (χ3v) is 6.50. The molecule has 2 atom stereocenters. The van der Waals surface area contributed by atoms with Crippen LogP contribution in [0.2, 0.25) is 0 Å². The molecular weight excluding hydrogens is 468 g/mol. The van der Waals surface area contributed by atoms with Gasteiger partial charge in [-0.15, -0.1) is 0 Å². The van der Waals surface area contributed by atoms with E-state index in [0.29, 0.717) is 26.4 Å². The Labute approximate surface area is 217 Å². The molecule has 2 aliphatic rings. The molecule has 0 amide bonds. The van der Waals surface area contributed by atoms with Gasteiger partial charge in [0.2, 0.25) is 0 Å². The van der Waals surface area contributed by atoms with E-state index < -0.39 is 0 Å². The summed E-state index contributed by atoms with van der Waals surface area (Å²) in [7, 11) is 0. The van der Waals surface area contributed by atoms with Gasteiger partial charge in [-0.05, 0) is 70.1 Å². The Hall–Kier alpha value is -3.48. The van der Waals surface area contributed by atoms with Crippen molar-refractivity contribution in [2.45, 2.75) is 26.1 Å². The van der Waals surface area contributed by atoms with Crippen LogP contribution in [-0.4, -0.2) is 51.8 Å². The number of ether oxygens (including phenoxy) is 6. The minimum absolute atomic E-state index is 0.186. The van der Waals surface area contributed by atoms with Crippen molar-refractivity contribution >= 4 is 21.5 Å². The molecule has 192 valence electrons. The number of fused-ring (bicyclic) bond motifs is 2. The van der Waals surface area contributed by atoms with E-state index >= 15 is 0 Å². The van der Waals surface area contributed by atoms with Crippen molar-refractivity contribution in [2.24, 2.45) is 5.41 Å². The normalized spacial score (nSPS) is 18.5. The molecule has 6 nitrogen and oxygen atoms in total. The molecule has 0 spiro atoms. The lowest BCUT2D eigenvalue weighted by atomic mass is 9.96. The summed E-state index contributed by atoms with van der Waals surface area (Å²) in [6.07, 6.45) is 0.479. The molecule has 0 bridgehead atoms. The summed E-state index contributed by atoms with van der Waals surface area (Å²) in [5.74, 6) is 3.36. The first-order chi connectivity index (χ1) is 18.0. The summed E-state index contributed by atoms with van der Waals surface area (Å²) in [5, 5.41) is 4.47. The number of rotatable bonds is 12. The topological polar surface area (TPSA) is 62.0 Å². The average molecular weight is 501 g/mol. The zero-order valence-corrected chi connectivity index (χ0v) is 21.3. The standard InChI is InChI=1S/C31H32O6/c1-31(2,19-36-27-9-5-21-3-7-25(11-23(21)13-27)32-15-29-17-34-29)20-37-28-10-6-22-4-8-26(12-24(22)14-28)33-16-30-18-35-30/h3-14,29-30H,15-20H2,1-2H3. The van der Waals surface area contributed by atoms with Gasteiger partial charge < -0.3 is 28.4 Å². The fourth-order valence-corrected chi connectivity index (χ4v) is 4.07. The van der Waals surface area contributed by atoms with Crippen molar-refractivity contribution in [1.82, 2.24) is 0 Å². The first-order valence-corrected chi connectivity index (χ1v) is 12.8. The molecule has 2 fully saturated rings. The number of benzene rings is 4. The van der Waals surface area contributed by atoms with Crippen molar-refractivity contribution in [2.75, 3.05) is 39.6 Å². The van der Waals surface area contributed by atoms with Gasteiger partial charge in [-0.2, -0.15) is 0 Å². The summed E-state index contributed by atoms with van der Waals surface area (Å²) in [6, 6.07) is 24.5. The maximum atomic E-state index is 6.19. The molecule has 6 rings (SSSR count). The highest BCUT2D eigenvalue weighted by Gasteiger charge is 2.24. The SMILES string of the molecule is CC(C)(COc1ccc2ccc(OCC3CO3)cc2c1)COc1ccc2ccc(OCC3CO3)cc2c1. The van der Waals surface area contributed by atoms with Crippen LogP contribution < -0.4 is 18.9 Å². The third kappa shape index (κ3) is 6.45. The average Bonchev–Trinajstić information content (AvgIpc) is 3.83. The lowest BCUT2D eigenvalue weighted by molar-refractivity contribution is 0.111. The van der Waals surface area contributed by atoms with E-state index in [1.54, 1.807) is 0 Å². The minimum Gasteiger partial charge on any atom is -0.493 e. The van der Waals surface area contributed by atoms with Gasteiger partial charge in [0.05, 0.1) is 26.4 Å². The van der Waals surface area contributed by atoms with Crippen molar-refractivity contribution in [3.8, 4) is 23.0 Å². The molecule has 0 N–H and O–H groups in total. The first-order valence-electron chi connectivity index (χ1n) is 12.8. The molecule has 6 heteroatoms. The molecule has 0 radical (unpaired) electrons. The van der Waals surface area contributed by atoms with Crippen molar-refractivity contribution in [3.63, 3.8) is 0 Å². The van der Waals surface area contributed by atoms with Crippen molar-refractivity contribution in [1.29, 1.82) is 0 Å². The van der Waals surface area contributed by atoms with Crippen LogP contribution in [0.25, 0.3) is 21.5 Å². The number of epoxide rings is 2. The molecule has 0 saturated carbocycles. The second-order valence-corrected chi connectivity index (χ2v) is 10.6. The van der Waals surface area contributed by atoms with E-state index in [9.17, 15) is 0 Å². The molecule has 2 saturated heterocycles. The summed E-state index contributed by atoms with van der Waals surface area (Å²) < 4.78 is 34.5. The molecule has 4 aromatic carbocycles. The maximum Gasteiger partial charge on any atom is 0.120 e. The fraction of sp³-hybridized carbons (Fsp3) is 0.355. The molecule has 2 aliphatic heterocycles. The highest BCUT2D eigenvalue weighted by molar-refractivity contribution is 5.86. The Balaban J connectivity index is 1.05. The number of hydrogen-bond acceptors (Lipinski definition) is 6. The number of hydrogen-bond donors (Lipinski definition) is 0. The zero-order chi connectivity index (χ0) is 25.2. The van der Waals surface area contributed by atoms with Gasteiger partial charge in [-0.25, -0.2) is 0 Å². The molecule has 2 heterocycles. The van der Waals surface area contributed by atoms with E-state index in [1.807, 2.05) is 24.3 Å². The monoisotopic (exact) mass is 500 g/mol. The largest absolute Gasteiger partial charge is 0.493 e. The lowest BCUT2D eigenvalue weighted by Gasteiger charge is -2.25. The smallest absolute Gasteiger partial charge is 0.120 e. The Morgan fingerprint density at radius 1 is 0.568 bits per heavy atom. The fourth-order valence-electron chi connectivity index (χ4n) is 4.07. The first kappa shape index (κ1) is 23.9. The van der Waals surface area contributed by atoms with Gasteiger partial charge in [0.25, 0.3) is 0 Å². The van der Waals surface area contributed by atoms with E-state index in [1.165, 1.54) is 0 Å². The van der Waals surface area contributed by atoms with Crippen LogP contribution >= 0.6 is 0 Å².